The summed E-state index contributed by atoms with van der Waals surface area (Å²) in [5, 5.41) is 10.4. The topological polar surface area (TPSA) is 60.2 Å². The summed E-state index contributed by atoms with van der Waals surface area (Å²) < 4.78 is 0. The Kier molecular flexibility index (Phi) is 1.25. The Morgan fingerprint density at radius 2 is 2.18 bits per heavy atom. The fourth-order valence-corrected chi connectivity index (χ4v) is 2.31. The van der Waals surface area contributed by atoms with E-state index in [0.29, 0.717) is 0 Å². The third kappa shape index (κ3) is 0.783. The van der Waals surface area contributed by atoms with Crippen LogP contribution in [0.1, 0.15) is 19.3 Å². The molecular formula is C7H9NO3. The lowest BCUT2D eigenvalue weighted by Gasteiger charge is -2.12. The molecule has 11 heavy (non-hydrogen) atoms. The van der Waals surface area contributed by atoms with Crippen molar-refractivity contribution in [2.45, 2.75) is 25.3 Å². The van der Waals surface area contributed by atoms with E-state index < -0.39 is 11.0 Å². The van der Waals surface area contributed by atoms with Gasteiger partial charge in [-0.1, -0.05) is 0 Å². The normalized spacial score (nSPS) is 41.5. The van der Waals surface area contributed by atoms with Crippen LogP contribution in [0.2, 0.25) is 0 Å². The first-order chi connectivity index (χ1) is 5.20. The van der Waals surface area contributed by atoms with Gasteiger partial charge in [0.25, 0.3) is 6.04 Å². The van der Waals surface area contributed by atoms with Crippen LogP contribution in [-0.4, -0.2) is 16.7 Å². The zero-order chi connectivity index (χ0) is 8.01. The fourth-order valence-electron chi connectivity index (χ4n) is 2.31. The average Bonchev–Trinajstić information content (AvgIpc) is 2.44. The van der Waals surface area contributed by atoms with Gasteiger partial charge in [0.05, 0.1) is 0 Å². The first-order valence-corrected chi connectivity index (χ1v) is 3.87. The van der Waals surface area contributed by atoms with E-state index in [-0.39, 0.29) is 17.6 Å². The monoisotopic (exact) mass is 155 g/mol. The van der Waals surface area contributed by atoms with Gasteiger partial charge in [0.15, 0.2) is 0 Å². The second kappa shape index (κ2) is 2.03. The summed E-state index contributed by atoms with van der Waals surface area (Å²) in [6, 6.07) is -0.853. The zero-order valence-electron chi connectivity index (χ0n) is 6.03. The zero-order valence-corrected chi connectivity index (χ0v) is 6.03. The standard InChI is InChI=1S/C7H9NO3/c9-7-5-2-1-4(3-5)6(7)8(10)11/h4-6H,1-3H2/t4-,5+,6?/m1/s1. The second-order valence-corrected chi connectivity index (χ2v) is 3.40. The van der Waals surface area contributed by atoms with Crippen molar-refractivity contribution in [3.05, 3.63) is 10.1 Å². The number of rotatable bonds is 1. The van der Waals surface area contributed by atoms with E-state index in [9.17, 15) is 14.9 Å². The molecule has 3 atom stereocenters. The summed E-state index contributed by atoms with van der Waals surface area (Å²) in [6.45, 7) is 0. The molecule has 0 aromatic carbocycles. The quantitative estimate of drug-likeness (QED) is 0.412. The Balaban J connectivity index is 2.24. The van der Waals surface area contributed by atoms with Gasteiger partial charge in [0.1, 0.15) is 0 Å². The van der Waals surface area contributed by atoms with Crippen molar-refractivity contribution < 1.29 is 9.72 Å². The number of nitro groups is 1. The Labute approximate surface area is 63.7 Å². The minimum absolute atomic E-state index is 0.0235. The molecule has 1 unspecified atom stereocenters. The fraction of sp³-hybridized carbons (Fsp3) is 0.857. The predicted molar refractivity (Wildman–Crippen MR) is 36.6 cm³/mol. The highest BCUT2D eigenvalue weighted by Gasteiger charge is 2.53. The van der Waals surface area contributed by atoms with Gasteiger partial charge >= 0.3 is 0 Å². The molecule has 0 saturated heterocycles. The summed E-state index contributed by atoms with van der Waals surface area (Å²) >= 11 is 0. The van der Waals surface area contributed by atoms with Crippen LogP contribution in [0.25, 0.3) is 0 Å². The summed E-state index contributed by atoms with van der Waals surface area (Å²) in [7, 11) is 0. The molecule has 0 aromatic heterocycles. The van der Waals surface area contributed by atoms with Crippen molar-refractivity contribution in [1.29, 1.82) is 0 Å². The van der Waals surface area contributed by atoms with Crippen molar-refractivity contribution in [3.8, 4) is 0 Å². The lowest BCUT2D eigenvalue weighted by atomic mass is 9.95. The van der Waals surface area contributed by atoms with Crippen molar-refractivity contribution in [2.24, 2.45) is 11.8 Å². The minimum Gasteiger partial charge on any atom is -0.292 e. The van der Waals surface area contributed by atoms with E-state index in [1.54, 1.807) is 0 Å². The summed E-state index contributed by atoms with van der Waals surface area (Å²) in [4.78, 5) is 21.1. The highest BCUT2D eigenvalue weighted by atomic mass is 16.6. The maximum atomic E-state index is 11.2. The van der Waals surface area contributed by atoms with Crippen LogP contribution >= 0.6 is 0 Å². The second-order valence-electron chi connectivity index (χ2n) is 3.40. The molecule has 60 valence electrons. The molecule has 2 fully saturated rings. The first kappa shape index (κ1) is 6.76. The molecule has 0 aliphatic heterocycles. The lowest BCUT2D eigenvalue weighted by Crippen LogP contribution is -2.34. The first-order valence-electron chi connectivity index (χ1n) is 3.87. The molecule has 0 aromatic rings. The summed E-state index contributed by atoms with van der Waals surface area (Å²) in [6.07, 6.45) is 2.53. The van der Waals surface area contributed by atoms with E-state index >= 15 is 0 Å². The molecule has 0 amide bonds. The third-order valence-electron chi connectivity index (χ3n) is 2.84. The summed E-state index contributed by atoms with van der Waals surface area (Å²) in [5.74, 6) is -0.0378. The number of Topliss-reactive ketones (excluding diaryl/α,β-unsaturated/α-hetero) is 1. The van der Waals surface area contributed by atoms with Gasteiger partial charge in [0, 0.05) is 16.8 Å². The van der Waals surface area contributed by atoms with Crippen molar-refractivity contribution in [3.63, 3.8) is 0 Å². The molecule has 4 nitrogen and oxygen atoms in total. The van der Waals surface area contributed by atoms with Crippen LogP contribution in [0.4, 0.5) is 0 Å². The van der Waals surface area contributed by atoms with Gasteiger partial charge in [-0.2, -0.15) is 0 Å². The average molecular weight is 155 g/mol. The Morgan fingerprint density at radius 1 is 1.45 bits per heavy atom. The molecule has 0 radical (unpaired) electrons. The van der Waals surface area contributed by atoms with E-state index in [1.165, 1.54) is 0 Å². The van der Waals surface area contributed by atoms with Crippen LogP contribution in [-0.2, 0) is 4.79 Å². The molecule has 2 rings (SSSR count). The molecule has 2 saturated carbocycles. The van der Waals surface area contributed by atoms with Crippen LogP contribution in [0.5, 0.6) is 0 Å². The molecule has 0 N–H and O–H groups in total. The van der Waals surface area contributed by atoms with Crippen LogP contribution in [0.3, 0.4) is 0 Å². The smallest absolute Gasteiger partial charge is 0.273 e. The maximum Gasteiger partial charge on any atom is 0.273 e. The van der Waals surface area contributed by atoms with Gasteiger partial charge in [-0.05, 0) is 19.3 Å². The predicted octanol–water partition coefficient (Wildman–Crippen LogP) is 0.631. The van der Waals surface area contributed by atoms with Crippen molar-refractivity contribution >= 4 is 5.78 Å². The molecule has 0 spiro atoms. The van der Waals surface area contributed by atoms with E-state index in [4.69, 9.17) is 0 Å². The highest BCUT2D eigenvalue weighted by molar-refractivity contribution is 5.88. The van der Waals surface area contributed by atoms with Crippen LogP contribution in [0.15, 0.2) is 0 Å². The number of nitrogens with zero attached hydrogens (tertiary/aromatic N) is 1. The number of carbonyl (C=O) groups excluding carboxylic acids is 1. The molecule has 4 heteroatoms. The number of carbonyl (C=O) groups is 1. The van der Waals surface area contributed by atoms with Crippen molar-refractivity contribution in [2.75, 3.05) is 0 Å². The van der Waals surface area contributed by atoms with E-state index in [1.807, 2.05) is 0 Å². The van der Waals surface area contributed by atoms with Gasteiger partial charge in [-0.3, -0.25) is 14.9 Å². The Bertz CT molecular complexity index is 226. The summed E-state index contributed by atoms with van der Waals surface area (Å²) in [5.41, 5.74) is 0. The van der Waals surface area contributed by atoms with Crippen molar-refractivity contribution in [1.82, 2.24) is 0 Å². The number of hydrogen-bond acceptors (Lipinski definition) is 3. The molecule has 2 bridgehead atoms. The van der Waals surface area contributed by atoms with E-state index in [2.05, 4.69) is 0 Å². The molecular weight excluding hydrogens is 146 g/mol. The SMILES string of the molecule is O=C1C([N+](=O)[O-])[C@@H]2CC[C@H]1C2. The molecule has 2 aliphatic carbocycles. The molecule has 0 heterocycles. The lowest BCUT2D eigenvalue weighted by molar-refractivity contribution is -0.514. The van der Waals surface area contributed by atoms with Gasteiger partial charge in [-0.15, -0.1) is 0 Å². The van der Waals surface area contributed by atoms with E-state index in [0.717, 1.165) is 19.3 Å². The van der Waals surface area contributed by atoms with Gasteiger partial charge in [0.2, 0.25) is 5.78 Å². The number of ketones is 1. The Hall–Kier alpha value is -0.930. The van der Waals surface area contributed by atoms with Crippen LogP contribution < -0.4 is 0 Å². The van der Waals surface area contributed by atoms with Gasteiger partial charge < -0.3 is 0 Å². The Morgan fingerprint density at radius 3 is 2.55 bits per heavy atom. The molecule has 2 aliphatic rings. The van der Waals surface area contributed by atoms with Crippen LogP contribution in [0, 0.1) is 22.0 Å². The largest absolute Gasteiger partial charge is 0.292 e. The highest BCUT2D eigenvalue weighted by Crippen LogP contribution is 2.43. The number of fused-ring (bicyclic) bond motifs is 2. The minimum atomic E-state index is -0.853. The maximum absolute atomic E-state index is 11.2. The third-order valence-corrected chi connectivity index (χ3v) is 2.84. The number of hydrogen-bond donors (Lipinski definition) is 0. The van der Waals surface area contributed by atoms with Gasteiger partial charge in [-0.25, -0.2) is 0 Å².